The second-order valence-electron chi connectivity index (χ2n) is 6.19. The summed E-state index contributed by atoms with van der Waals surface area (Å²) < 4.78 is 39.2. The number of rotatable bonds is 3. The van der Waals surface area contributed by atoms with Crippen LogP contribution in [0.15, 0.2) is 60.7 Å². The van der Waals surface area contributed by atoms with Crippen molar-refractivity contribution < 1.29 is 18.0 Å². The first kappa shape index (κ1) is 18.1. The quantitative estimate of drug-likeness (QED) is 0.402. The summed E-state index contributed by atoms with van der Waals surface area (Å²) in [5, 5.41) is 11.4. The maximum absolute atomic E-state index is 13.1. The van der Waals surface area contributed by atoms with Gasteiger partial charge in [0, 0.05) is 5.56 Å². The highest BCUT2D eigenvalue weighted by molar-refractivity contribution is 7.18. The Kier molecular flexibility index (Phi) is 4.36. The molecule has 1 heterocycles. The molecular formula is C21H11F3N2OS. The number of carbonyl (C=O) groups is 1. The average Bonchev–Trinajstić information content (AvgIpc) is 3.10. The molecule has 0 saturated heterocycles. The van der Waals surface area contributed by atoms with E-state index in [1.165, 1.54) is 6.07 Å². The summed E-state index contributed by atoms with van der Waals surface area (Å²) in [6, 6.07) is 17.7. The molecule has 0 radical (unpaired) electrons. The van der Waals surface area contributed by atoms with Crippen LogP contribution in [0, 0.1) is 11.3 Å². The van der Waals surface area contributed by atoms with Crippen LogP contribution in [-0.2, 0) is 6.18 Å². The summed E-state index contributed by atoms with van der Waals surface area (Å²) in [5.74, 6) is -1.60. The largest absolute Gasteiger partial charge is 0.416 e. The standard InChI is InChI=1S/C21H11F3N2OS/c22-21(23,24)13-8-9-18-17(10-13)26-20(28-18)16(11-25)19(27)15-7-3-5-12-4-1-2-6-14(12)15/h1-10,16H. The van der Waals surface area contributed by atoms with E-state index in [9.17, 15) is 23.2 Å². The molecule has 1 atom stereocenters. The van der Waals surface area contributed by atoms with Gasteiger partial charge in [-0.1, -0.05) is 42.5 Å². The molecule has 7 heteroatoms. The van der Waals surface area contributed by atoms with Crippen LogP contribution < -0.4 is 0 Å². The van der Waals surface area contributed by atoms with Crippen LogP contribution in [0.1, 0.15) is 26.8 Å². The molecule has 28 heavy (non-hydrogen) atoms. The molecule has 0 amide bonds. The molecule has 0 fully saturated rings. The first-order valence-corrected chi connectivity index (χ1v) is 9.09. The SMILES string of the molecule is N#CC(C(=O)c1cccc2ccccc12)c1nc2cc(C(F)(F)F)ccc2s1. The number of benzene rings is 3. The van der Waals surface area contributed by atoms with Crippen molar-refractivity contribution in [2.24, 2.45) is 0 Å². The fourth-order valence-electron chi connectivity index (χ4n) is 3.07. The van der Waals surface area contributed by atoms with E-state index < -0.39 is 23.4 Å². The van der Waals surface area contributed by atoms with Gasteiger partial charge in [-0.3, -0.25) is 4.79 Å². The fourth-order valence-corrected chi connectivity index (χ4v) is 4.06. The molecule has 4 rings (SSSR count). The highest BCUT2D eigenvalue weighted by atomic mass is 32.1. The zero-order chi connectivity index (χ0) is 19.9. The number of Topliss-reactive ketones (excluding diaryl/α,β-unsaturated/α-hetero) is 1. The lowest BCUT2D eigenvalue weighted by Gasteiger charge is -2.08. The molecule has 3 aromatic carbocycles. The van der Waals surface area contributed by atoms with Crippen LogP contribution in [0.2, 0.25) is 0 Å². The number of hydrogen-bond donors (Lipinski definition) is 0. The number of carbonyl (C=O) groups excluding carboxylic acids is 1. The second kappa shape index (κ2) is 6.73. The Morgan fingerprint density at radius 3 is 2.57 bits per heavy atom. The molecule has 1 unspecified atom stereocenters. The van der Waals surface area contributed by atoms with E-state index in [-0.39, 0.29) is 10.5 Å². The number of thiazole rings is 1. The summed E-state index contributed by atoms with van der Waals surface area (Å²) in [7, 11) is 0. The topological polar surface area (TPSA) is 53.8 Å². The lowest BCUT2D eigenvalue weighted by molar-refractivity contribution is -0.137. The van der Waals surface area contributed by atoms with Crippen LogP contribution in [0.4, 0.5) is 13.2 Å². The van der Waals surface area contributed by atoms with E-state index in [0.717, 1.165) is 34.2 Å². The molecule has 1 aromatic heterocycles. The predicted molar refractivity (Wildman–Crippen MR) is 101 cm³/mol. The molecule has 3 nitrogen and oxygen atoms in total. The smallest absolute Gasteiger partial charge is 0.292 e. The Morgan fingerprint density at radius 1 is 1.07 bits per heavy atom. The van der Waals surface area contributed by atoms with Gasteiger partial charge in [0.2, 0.25) is 0 Å². The highest BCUT2D eigenvalue weighted by Crippen LogP contribution is 2.35. The summed E-state index contributed by atoms with van der Waals surface area (Å²) in [6.45, 7) is 0. The van der Waals surface area contributed by atoms with Gasteiger partial charge in [0.15, 0.2) is 11.7 Å². The van der Waals surface area contributed by atoms with Crippen LogP contribution in [-0.4, -0.2) is 10.8 Å². The van der Waals surface area contributed by atoms with Gasteiger partial charge in [0.05, 0.1) is 21.8 Å². The minimum atomic E-state index is -4.48. The van der Waals surface area contributed by atoms with Crippen LogP contribution in [0.25, 0.3) is 21.0 Å². The number of nitriles is 1. The number of fused-ring (bicyclic) bond motifs is 2. The van der Waals surface area contributed by atoms with Crippen LogP contribution >= 0.6 is 11.3 Å². The minimum absolute atomic E-state index is 0.126. The minimum Gasteiger partial charge on any atom is -0.292 e. The van der Waals surface area contributed by atoms with E-state index in [4.69, 9.17) is 0 Å². The van der Waals surface area contributed by atoms with E-state index in [1.807, 2.05) is 24.3 Å². The first-order chi connectivity index (χ1) is 13.4. The van der Waals surface area contributed by atoms with Crippen molar-refractivity contribution in [1.29, 1.82) is 5.26 Å². The molecule has 0 spiro atoms. The van der Waals surface area contributed by atoms with Crippen molar-refractivity contribution in [3.8, 4) is 6.07 Å². The van der Waals surface area contributed by atoms with E-state index in [0.29, 0.717) is 10.3 Å². The molecule has 0 aliphatic carbocycles. The number of hydrogen-bond acceptors (Lipinski definition) is 4. The number of nitrogens with zero attached hydrogens (tertiary/aromatic N) is 2. The Morgan fingerprint density at radius 2 is 1.82 bits per heavy atom. The summed E-state index contributed by atoms with van der Waals surface area (Å²) in [4.78, 5) is 17.2. The maximum Gasteiger partial charge on any atom is 0.416 e. The number of halogens is 3. The molecule has 0 N–H and O–H groups in total. The van der Waals surface area contributed by atoms with Crippen molar-refractivity contribution in [1.82, 2.24) is 4.98 Å². The van der Waals surface area contributed by atoms with Crippen LogP contribution in [0.3, 0.4) is 0 Å². The molecule has 0 saturated carbocycles. The third-order valence-electron chi connectivity index (χ3n) is 4.42. The van der Waals surface area contributed by atoms with Gasteiger partial charge in [0.1, 0.15) is 5.01 Å². The van der Waals surface area contributed by atoms with Gasteiger partial charge < -0.3 is 0 Å². The predicted octanol–water partition coefficient (Wildman–Crippen LogP) is 5.96. The lowest BCUT2D eigenvalue weighted by Crippen LogP contribution is -2.11. The van der Waals surface area contributed by atoms with Crippen molar-refractivity contribution >= 4 is 38.1 Å². The van der Waals surface area contributed by atoms with Crippen molar-refractivity contribution in [2.75, 3.05) is 0 Å². The molecule has 0 aliphatic heterocycles. The molecule has 0 bridgehead atoms. The van der Waals surface area contributed by atoms with Crippen molar-refractivity contribution in [2.45, 2.75) is 12.1 Å². The Hall–Kier alpha value is -3.24. The van der Waals surface area contributed by atoms with Gasteiger partial charge in [0.25, 0.3) is 0 Å². The third kappa shape index (κ3) is 3.12. The number of aromatic nitrogens is 1. The van der Waals surface area contributed by atoms with Gasteiger partial charge in [-0.25, -0.2) is 4.98 Å². The van der Waals surface area contributed by atoms with Crippen molar-refractivity contribution in [3.05, 3.63) is 76.8 Å². The Balaban J connectivity index is 1.78. The molecule has 138 valence electrons. The van der Waals surface area contributed by atoms with E-state index in [2.05, 4.69) is 4.98 Å². The monoisotopic (exact) mass is 396 g/mol. The van der Waals surface area contributed by atoms with Gasteiger partial charge >= 0.3 is 6.18 Å². The fraction of sp³-hybridized carbons (Fsp3) is 0.0952. The zero-order valence-corrected chi connectivity index (χ0v) is 15.0. The van der Waals surface area contributed by atoms with Gasteiger partial charge in [-0.2, -0.15) is 18.4 Å². The van der Waals surface area contributed by atoms with Crippen LogP contribution in [0.5, 0.6) is 0 Å². The van der Waals surface area contributed by atoms with E-state index >= 15 is 0 Å². The normalized spacial score (nSPS) is 12.8. The Bertz CT molecular complexity index is 1250. The number of alkyl halides is 3. The van der Waals surface area contributed by atoms with Gasteiger partial charge in [-0.05, 0) is 29.0 Å². The third-order valence-corrected chi connectivity index (χ3v) is 5.53. The lowest BCUT2D eigenvalue weighted by atomic mass is 9.94. The summed E-state index contributed by atoms with van der Waals surface area (Å²) in [6.07, 6.45) is -4.48. The second-order valence-corrected chi connectivity index (χ2v) is 7.25. The maximum atomic E-state index is 13.1. The summed E-state index contributed by atoms with van der Waals surface area (Å²) in [5.41, 5.74) is -0.300. The Labute approximate surface area is 161 Å². The first-order valence-electron chi connectivity index (χ1n) is 8.28. The van der Waals surface area contributed by atoms with Gasteiger partial charge in [-0.15, -0.1) is 11.3 Å². The molecule has 0 aliphatic rings. The van der Waals surface area contributed by atoms with E-state index in [1.54, 1.807) is 24.3 Å². The number of ketones is 1. The highest BCUT2D eigenvalue weighted by Gasteiger charge is 2.32. The average molecular weight is 396 g/mol. The zero-order valence-electron chi connectivity index (χ0n) is 14.2. The molecular weight excluding hydrogens is 385 g/mol. The summed E-state index contributed by atoms with van der Waals surface area (Å²) >= 11 is 1.06. The molecule has 4 aromatic rings. The van der Waals surface area contributed by atoms with Crippen molar-refractivity contribution in [3.63, 3.8) is 0 Å².